The molecule has 4 heteroatoms. The highest BCUT2D eigenvalue weighted by atomic mass is 32.2. The van der Waals surface area contributed by atoms with Crippen LogP contribution in [0.15, 0.2) is 49.1 Å². The van der Waals surface area contributed by atoms with Gasteiger partial charge in [0.2, 0.25) is 0 Å². The lowest BCUT2D eigenvalue weighted by Crippen LogP contribution is -2.22. The van der Waals surface area contributed by atoms with Crippen LogP contribution in [0.4, 0.5) is 0 Å². The van der Waals surface area contributed by atoms with Gasteiger partial charge in [-0.25, -0.2) is 4.98 Å². The molecule has 1 aromatic heterocycles. The highest BCUT2D eigenvalue weighted by Crippen LogP contribution is 2.48. The Balaban J connectivity index is 1.68. The van der Waals surface area contributed by atoms with Gasteiger partial charge in [-0.05, 0) is 18.4 Å². The zero-order valence-electron chi connectivity index (χ0n) is 10.9. The topological polar surface area (TPSA) is 17.8 Å². The first-order valence-corrected chi connectivity index (χ1v) is 8.61. The zero-order chi connectivity index (χ0) is 13.0. The molecule has 2 aromatic rings. The van der Waals surface area contributed by atoms with Gasteiger partial charge in [-0.15, -0.1) is 23.5 Å². The molecule has 3 rings (SSSR count). The van der Waals surface area contributed by atoms with Crippen molar-refractivity contribution < 1.29 is 0 Å². The van der Waals surface area contributed by atoms with Crippen molar-refractivity contribution in [3.05, 3.63) is 54.6 Å². The van der Waals surface area contributed by atoms with Crippen LogP contribution in [-0.4, -0.2) is 25.1 Å². The van der Waals surface area contributed by atoms with Gasteiger partial charge in [0.15, 0.2) is 0 Å². The summed E-state index contributed by atoms with van der Waals surface area (Å²) < 4.78 is 2.54. The highest BCUT2D eigenvalue weighted by molar-refractivity contribution is 8.21. The van der Waals surface area contributed by atoms with Crippen molar-refractivity contribution >= 4 is 23.5 Å². The summed E-state index contributed by atoms with van der Waals surface area (Å²) in [5.41, 5.74) is 1.45. The molecule has 0 bridgehead atoms. The Morgan fingerprint density at radius 3 is 2.63 bits per heavy atom. The van der Waals surface area contributed by atoms with E-state index in [2.05, 4.69) is 69.6 Å². The van der Waals surface area contributed by atoms with E-state index in [9.17, 15) is 0 Å². The van der Waals surface area contributed by atoms with Crippen LogP contribution in [0.25, 0.3) is 0 Å². The Morgan fingerprint density at radius 1 is 1.16 bits per heavy atom. The van der Waals surface area contributed by atoms with Crippen molar-refractivity contribution in [1.29, 1.82) is 0 Å². The van der Waals surface area contributed by atoms with E-state index in [0.717, 1.165) is 13.0 Å². The first kappa shape index (κ1) is 13.1. The summed E-state index contributed by atoms with van der Waals surface area (Å²) in [6.07, 6.45) is 8.20. The fourth-order valence-corrected chi connectivity index (χ4v) is 5.71. The molecular weight excluding hydrogens is 272 g/mol. The molecule has 0 unspecified atom stereocenters. The monoisotopic (exact) mass is 290 g/mol. The summed E-state index contributed by atoms with van der Waals surface area (Å²) in [7, 11) is 0. The Hall–Kier alpha value is -0.870. The predicted molar refractivity (Wildman–Crippen MR) is 84.6 cm³/mol. The van der Waals surface area contributed by atoms with Gasteiger partial charge in [-0.1, -0.05) is 30.3 Å². The molecule has 0 atom stereocenters. The third kappa shape index (κ3) is 3.37. The molecule has 2 heterocycles. The summed E-state index contributed by atoms with van der Waals surface area (Å²) in [6.45, 7) is 1.06. The molecule has 1 saturated heterocycles. The van der Waals surface area contributed by atoms with Gasteiger partial charge in [0.1, 0.15) is 0 Å². The second kappa shape index (κ2) is 6.06. The Labute approximate surface area is 123 Å². The van der Waals surface area contributed by atoms with Crippen LogP contribution in [0, 0.1) is 0 Å². The number of thioether (sulfide) groups is 2. The quantitative estimate of drug-likeness (QED) is 0.836. The van der Waals surface area contributed by atoms with Crippen LogP contribution in [0.3, 0.4) is 0 Å². The fourth-order valence-electron chi connectivity index (χ4n) is 2.46. The predicted octanol–water partition coefficient (Wildman–Crippen LogP) is 3.69. The third-order valence-electron chi connectivity index (χ3n) is 3.44. The van der Waals surface area contributed by atoms with E-state index in [-0.39, 0.29) is 0 Å². The molecule has 0 N–H and O–H groups in total. The van der Waals surface area contributed by atoms with Crippen LogP contribution < -0.4 is 0 Å². The van der Waals surface area contributed by atoms with Crippen molar-refractivity contribution in [1.82, 2.24) is 9.55 Å². The number of hydrogen-bond donors (Lipinski definition) is 0. The van der Waals surface area contributed by atoms with E-state index in [1.54, 1.807) is 0 Å². The molecule has 0 amide bonds. The van der Waals surface area contributed by atoms with Crippen molar-refractivity contribution in [2.75, 3.05) is 11.5 Å². The lowest BCUT2D eigenvalue weighted by Gasteiger charge is -2.27. The Morgan fingerprint density at radius 2 is 1.95 bits per heavy atom. The van der Waals surface area contributed by atoms with E-state index in [4.69, 9.17) is 0 Å². The van der Waals surface area contributed by atoms with Gasteiger partial charge >= 0.3 is 0 Å². The van der Waals surface area contributed by atoms with Gasteiger partial charge in [0.25, 0.3) is 0 Å². The number of nitrogens with zero attached hydrogens (tertiary/aromatic N) is 2. The SMILES string of the molecule is c1ccc(CC2(CCn3ccnc3)SCCS2)cc1. The number of aromatic nitrogens is 2. The Kier molecular flexibility index (Phi) is 4.18. The molecular formula is C15H18N2S2. The van der Waals surface area contributed by atoms with E-state index in [1.807, 2.05) is 12.5 Å². The van der Waals surface area contributed by atoms with E-state index >= 15 is 0 Å². The normalized spacial score (nSPS) is 17.7. The number of rotatable bonds is 5. The largest absolute Gasteiger partial charge is 0.337 e. The van der Waals surface area contributed by atoms with Gasteiger partial charge < -0.3 is 4.57 Å². The van der Waals surface area contributed by atoms with Crippen LogP contribution in [-0.2, 0) is 13.0 Å². The molecule has 0 aliphatic carbocycles. The standard InChI is InChI=1S/C15H18N2S2/c1-2-4-14(5-3-1)12-15(18-10-11-19-15)6-8-17-9-7-16-13-17/h1-5,7,9,13H,6,8,10-12H2. The van der Waals surface area contributed by atoms with Gasteiger partial charge in [0.05, 0.1) is 10.4 Å². The summed E-state index contributed by atoms with van der Waals surface area (Å²) in [6, 6.07) is 10.9. The highest BCUT2D eigenvalue weighted by Gasteiger charge is 2.35. The van der Waals surface area contributed by atoms with Crippen LogP contribution in [0.2, 0.25) is 0 Å². The van der Waals surface area contributed by atoms with Gasteiger partial charge in [-0.2, -0.15) is 0 Å². The molecule has 1 aromatic carbocycles. The van der Waals surface area contributed by atoms with Crippen molar-refractivity contribution in [2.45, 2.75) is 23.5 Å². The minimum Gasteiger partial charge on any atom is -0.337 e. The molecule has 0 spiro atoms. The van der Waals surface area contributed by atoms with E-state index in [0.29, 0.717) is 4.08 Å². The fraction of sp³-hybridized carbons (Fsp3) is 0.400. The molecule has 19 heavy (non-hydrogen) atoms. The molecule has 100 valence electrons. The minimum absolute atomic E-state index is 0.353. The maximum Gasteiger partial charge on any atom is 0.0945 e. The van der Waals surface area contributed by atoms with Crippen LogP contribution in [0.1, 0.15) is 12.0 Å². The molecule has 1 aliphatic rings. The molecule has 2 nitrogen and oxygen atoms in total. The number of imidazole rings is 1. The van der Waals surface area contributed by atoms with Crippen LogP contribution in [0.5, 0.6) is 0 Å². The molecule has 0 radical (unpaired) electrons. The average molecular weight is 290 g/mol. The van der Waals surface area contributed by atoms with Crippen molar-refractivity contribution in [3.63, 3.8) is 0 Å². The molecule has 1 aliphatic heterocycles. The van der Waals surface area contributed by atoms with Crippen molar-refractivity contribution in [3.8, 4) is 0 Å². The summed E-state index contributed by atoms with van der Waals surface area (Å²) in [5.74, 6) is 2.56. The summed E-state index contributed by atoms with van der Waals surface area (Å²) >= 11 is 4.27. The lowest BCUT2D eigenvalue weighted by molar-refractivity contribution is 0.597. The second-order valence-corrected chi connectivity index (χ2v) is 8.04. The van der Waals surface area contributed by atoms with Gasteiger partial charge in [-0.3, -0.25) is 0 Å². The maximum atomic E-state index is 4.12. The summed E-state index contributed by atoms with van der Waals surface area (Å²) in [5, 5.41) is 0. The zero-order valence-corrected chi connectivity index (χ0v) is 12.5. The lowest BCUT2D eigenvalue weighted by atomic mass is 10.1. The first-order chi connectivity index (χ1) is 9.36. The van der Waals surface area contributed by atoms with E-state index in [1.165, 1.54) is 23.5 Å². The maximum absolute atomic E-state index is 4.12. The second-order valence-electron chi connectivity index (χ2n) is 4.82. The van der Waals surface area contributed by atoms with Crippen LogP contribution >= 0.6 is 23.5 Å². The number of hydrogen-bond acceptors (Lipinski definition) is 3. The average Bonchev–Trinajstić information content (AvgIpc) is 3.09. The third-order valence-corrected chi connectivity index (χ3v) is 6.97. The van der Waals surface area contributed by atoms with E-state index < -0.39 is 0 Å². The minimum atomic E-state index is 0.353. The summed E-state index contributed by atoms with van der Waals surface area (Å²) in [4.78, 5) is 4.12. The first-order valence-electron chi connectivity index (χ1n) is 6.64. The van der Waals surface area contributed by atoms with Crippen molar-refractivity contribution in [2.24, 2.45) is 0 Å². The molecule has 1 fully saturated rings. The smallest absolute Gasteiger partial charge is 0.0945 e. The number of aryl methyl sites for hydroxylation is 1. The van der Waals surface area contributed by atoms with Gasteiger partial charge in [0, 0.05) is 30.4 Å². The molecule has 0 saturated carbocycles. The number of benzene rings is 1. The Bertz CT molecular complexity index is 490.